The van der Waals surface area contributed by atoms with E-state index in [0.29, 0.717) is 29.4 Å². The predicted octanol–water partition coefficient (Wildman–Crippen LogP) is 8.52. The summed E-state index contributed by atoms with van der Waals surface area (Å²) in [5, 5.41) is 44.2. The number of hydrogen-bond donors (Lipinski definition) is 4. The van der Waals surface area contributed by atoms with Gasteiger partial charge in [-0.05, 0) is 124 Å². The number of allylic oxidation sites excluding steroid dienone is 4. The fourth-order valence-electron chi connectivity index (χ4n) is 9.53. The summed E-state index contributed by atoms with van der Waals surface area (Å²) in [5.41, 5.74) is 2.86. The molecule has 4 aliphatic carbocycles. The van der Waals surface area contributed by atoms with Crippen LogP contribution in [0.2, 0.25) is 0 Å². The summed E-state index contributed by atoms with van der Waals surface area (Å²) in [6.45, 7) is 14.7. The quantitative estimate of drug-likeness (QED) is 0.198. The lowest BCUT2D eigenvalue weighted by Gasteiger charge is -2.51. The molecule has 11 atom stereocenters. The third kappa shape index (κ3) is 7.52. The topological polar surface area (TPSA) is 80.9 Å². The molecule has 2 saturated carbocycles. The van der Waals surface area contributed by atoms with Crippen molar-refractivity contribution in [1.29, 1.82) is 0 Å². The first kappa shape index (κ1) is 32.8. The summed E-state index contributed by atoms with van der Waals surface area (Å²) in [7, 11) is 0. The number of aliphatic hydroxyl groups excluding tert-OH is 4. The summed E-state index contributed by atoms with van der Waals surface area (Å²) < 4.78 is 0. The van der Waals surface area contributed by atoms with Crippen LogP contribution in [0.1, 0.15) is 125 Å². The molecule has 11 unspecified atom stereocenters. The van der Waals surface area contributed by atoms with E-state index in [4.69, 9.17) is 0 Å². The summed E-state index contributed by atoms with van der Waals surface area (Å²) >= 11 is 0. The van der Waals surface area contributed by atoms with Crippen LogP contribution >= 0.6 is 0 Å². The minimum Gasteiger partial charge on any atom is -0.512 e. The largest absolute Gasteiger partial charge is 0.512 e. The highest BCUT2D eigenvalue weighted by Crippen LogP contribution is 2.58. The molecule has 0 bridgehead atoms. The van der Waals surface area contributed by atoms with Crippen LogP contribution in [0, 0.1) is 52.8 Å². The molecule has 234 valence electrons. The predicted molar refractivity (Wildman–Crippen MR) is 169 cm³/mol. The lowest BCUT2D eigenvalue weighted by atomic mass is 9.54. The molecule has 0 aliphatic heterocycles. The van der Waals surface area contributed by atoms with Crippen LogP contribution in [0.4, 0.5) is 0 Å². The first-order chi connectivity index (χ1) is 19.4. The smallest absolute Gasteiger partial charge is 0.0942 e. The highest BCUT2D eigenvalue weighted by Gasteiger charge is 2.48. The van der Waals surface area contributed by atoms with Crippen molar-refractivity contribution in [3.8, 4) is 0 Å². The molecule has 0 heterocycles. The molecule has 0 saturated heterocycles. The maximum Gasteiger partial charge on any atom is 0.0942 e. The Hall–Kier alpha value is -1.10. The Morgan fingerprint density at radius 3 is 2.37 bits per heavy atom. The average molecular weight is 571 g/mol. The summed E-state index contributed by atoms with van der Waals surface area (Å²) in [6, 6.07) is 0. The first-order valence-electron chi connectivity index (χ1n) is 17.2. The summed E-state index contributed by atoms with van der Waals surface area (Å²) in [6.07, 6.45) is 18.2. The van der Waals surface area contributed by atoms with Crippen LogP contribution in [0.3, 0.4) is 0 Å². The minimum absolute atomic E-state index is 0.117. The van der Waals surface area contributed by atoms with Crippen molar-refractivity contribution < 1.29 is 20.4 Å². The molecule has 0 aromatic carbocycles. The Morgan fingerprint density at radius 2 is 1.71 bits per heavy atom. The maximum absolute atomic E-state index is 11.4. The molecule has 4 N–H and O–H groups in total. The van der Waals surface area contributed by atoms with Gasteiger partial charge in [-0.1, -0.05) is 64.7 Å². The van der Waals surface area contributed by atoms with E-state index >= 15 is 0 Å². The second-order valence-electron chi connectivity index (χ2n) is 15.4. The van der Waals surface area contributed by atoms with E-state index in [1.54, 1.807) is 5.57 Å². The van der Waals surface area contributed by atoms with E-state index in [1.165, 1.54) is 37.7 Å². The van der Waals surface area contributed by atoms with Gasteiger partial charge in [-0.3, -0.25) is 0 Å². The molecule has 4 rings (SSSR count). The van der Waals surface area contributed by atoms with Crippen molar-refractivity contribution in [2.24, 2.45) is 52.8 Å². The lowest BCUT2D eigenvalue weighted by Crippen LogP contribution is -2.43. The molecular formula is C37H62O4. The summed E-state index contributed by atoms with van der Waals surface area (Å²) in [5.74, 6) is 2.92. The van der Waals surface area contributed by atoms with Crippen LogP contribution in [0.15, 0.2) is 35.6 Å². The molecule has 0 aromatic rings. The zero-order valence-corrected chi connectivity index (χ0v) is 26.9. The molecule has 4 heteroatoms. The second kappa shape index (κ2) is 14.1. The van der Waals surface area contributed by atoms with E-state index in [-0.39, 0.29) is 41.3 Å². The van der Waals surface area contributed by atoms with E-state index < -0.39 is 6.10 Å². The van der Waals surface area contributed by atoms with Gasteiger partial charge in [0.1, 0.15) is 0 Å². The molecule has 0 aromatic heterocycles. The van der Waals surface area contributed by atoms with Gasteiger partial charge in [-0.2, -0.15) is 0 Å². The Morgan fingerprint density at radius 1 is 1.00 bits per heavy atom. The lowest BCUT2D eigenvalue weighted by molar-refractivity contribution is -0.00226. The van der Waals surface area contributed by atoms with Crippen molar-refractivity contribution in [3.63, 3.8) is 0 Å². The second-order valence-corrected chi connectivity index (χ2v) is 15.4. The monoisotopic (exact) mass is 570 g/mol. The molecule has 4 aliphatic rings. The van der Waals surface area contributed by atoms with Crippen molar-refractivity contribution >= 4 is 0 Å². The van der Waals surface area contributed by atoms with Crippen molar-refractivity contribution in [1.82, 2.24) is 0 Å². The third-order valence-corrected chi connectivity index (χ3v) is 12.2. The van der Waals surface area contributed by atoms with Crippen LogP contribution in [0.25, 0.3) is 0 Å². The van der Waals surface area contributed by atoms with Gasteiger partial charge in [0.05, 0.1) is 24.1 Å². The molecule has 0 spiro atoms. The highest BCUT2D eigenvalue weighted by atomic mass is 16.3. The average Bonchev–Trinajstić information content (AvgIpc) is 2.94. The van der Waals surface area contributed by atoms with E-state index in [1.807, 2.05) is 13.0 Å². The number of hydrogen-bond acceptors (Lipinski definition) is 4. The van der Waals surface area contributed by atoms with Gasteiger partial charge < -0.3 is 20.4 Å². The zero-order chi connectivity index (χ0) is 29.9. The van der Waals surface area contributed by atoms with Gasteiger partial charge in [0, 0.05) is 11.8 Å². The molecule has 2 fully saturated rings. The van der Waals surface area contributed by atoms with E-state index in [0.717, 1.165) is 57.8 Å². The van der Waals surface area contributed by atoms with E-state index in [9.17, 15) is 20.4 Å². The minimum atomic E-state index is -0.418. The maximum atomic E-state index is 11.4. The van der Waals surface area contributed by atoms with Gasteiger partial charge >= 0.3 is 0 Å². The number of rotatable bonds is 10. The Bertz CT molecular complexity index is 927. The highest BCUT2D eigenvalue weighted by molar-refractivity contribution is 5.27. The van der Waals surface area contributed by atoms with Gasteiger partial charge in [0.15, 0.2) is 0 Å². The van der Waals surface area contributed by atoms with Crippen molar-refractivity contribution in [2.75, 3.05) is 0 Å². The Labute approximate surface area is 251 Å². The van der Waals surface area contributed by atoms with Crippen LogP contribution in [-0.4, -0.2) is 38.7 Å². The Kier molecular flexibility index (Phi) is 11.3. The molecule has 4 nitrogen and oxygen atoms in total. The molecule has 0 amide bonds. The van der Waals surface area contributed by atoms with E-state index in [2.05, 4.69) is 40.3 Å². The standard InChI is InChI=1S/C37H62O4/c1-7-23(2)15-28(27(6)38)19-30-21-32(17-25(4)35(30)40)37(13-9-8-10-14-37)33-18-26(5)36(41)31(22-33)20-29-16-24(3)11-12-34(29)39/h7,18,23-29,31-32,34,36,38-41H,1,8-17,19-22H2,2-6H3. The van der Waals surface area contributed by atoms with Gasteiger partial charge in [0.2, 0.25) is 0 Å². The number of aliphatic hydroxyl groups is 4. The third-order valence-electron chi connectivity index (χ3n) is 12.2. The van der Waals surface area contributed by atoms with Crippen molar-refractivity contribution in [3.05, 3.63) is 35.6 Å². The SMILES string of the molecule is C=CC(C)CC(CC1=C(O)C(C)CC(C2(C3=CC(C)C(O)C(CC4CC(C)CCC4O)C3)CCCCC2)C1)C(C)O. The zero-order valence-electron chi connectivity index (χ0n) is 26.9. The van der Waals surface area contributed by atoms with Crippen molar-refractivity contribution in [2.45, 2.75) is 143 Å². The van der Waals surface area contributed by atoms with Crippen LogP contribution in [0.5, 0.6) is 0 Å². The fraction of sp³-hybridized carbons (Fsp3) is 0.838. The first-order valence-corrected chi connectivity index (χ1v) is 17.2. The van der Waals surface area contributed by atoms with Gasteiger partial charge in [-0.25, -0.2) is 0 Å². The fourth-order valence-corrected chi connectivity index (χ4v) is 9.53. The molecule has 41 heavy (non-hydrogen) atoms. The summed E-state index contributed by atoms with van der Waals surface area (Å²) in [4.78, 5) is 0. The van der Waals surface area contributed by atoms with Crippen LogP contribution < -0.4 is 0 Å². The van der Waals surface area contributed by atoms with Gasteiger partial charge in [0.25, 0.3) is 0 Å². The normalized spacial score (nSPS) is 38.6. The molecular weight excluding hydrogens is 508 g/mol. The molecule has 0 radical (unpaired) electrons. The van der Waals surface area contributed by atoms with Crippen LogP contribution in [-0.2, 0) is 0 Å². The Balaban J connectivity index is 1.59. The van der Waals surface area contributed by atoms with Gasteiger partial charge in [-0.15, -0.1) is 6.58 Å².